The Morgan fingerprint density at radius 3 is 2.76 bits per heavy atom. The largest absolute Gasteiger partial charge is 0.338 e. The Morgan fingerprint density at radius 2 is 2.05 bits per heavy atom. The zero-order valence-corrected chi connectivity index (χ0v) is 15.4. The van der Waals surface area contributed by atoms with Crippen molar-refractivity contribution in [3.05, 3.63) is 61.6 Å². The zero-order valence-electron chi connectivity index (χ0n) is 11.6. The van der Waals surface area contributed by atoms with Gasteiger partial charge in [0.1, 0.15) is 0 Å². The summed E-state index contributed by atoms with van der Waals surface area (Å²) >= 11 is 5.70. The fourth-order valence-corrected chi connectivity index (χ4v) is 3.04. The normalized spacial score (nSPS) is 10.2. The third-order valence-corrected chi connectivity index (χ3v) is 4.19. The van der Waals surface area contributed by atoms with Gasteiger partial charge in [-0.3, -0.25) is 0 Å². The maximum absolute atomic E-state index is 11.9. The summed E-state index contributed by atoms with van der Waals surface area (Å²) in [7, 11) is 0. The van der Waals surface area contributed by atoms with E-state index in [-0.39, 0.29) is 6.03 Å². The van der Waals surface area contributed by atoms with Crippen LogP contribution in [0.15, 0.2) is 46.9 Å². The fourth-order valence-electron chi connectivity index (χ4n) is 1.95. The Kier molecular flexibility index (Phi) is 6.05. The number of rotatable bonds is 4. The quantitative estimate of drug-likeness (QED) is 0.639. The van der Waals surface area contributed by atoms with Crippen LogP contribution in [-0.4, -0.2) is 12.6 Å². The van der Waals surface area contributed by atoms with Crippen LogP contribution in [0.4, 0.5) is 10.5 Å². The number of nitrogens with one attached hydrogen (secondary N) is 2. The van der Waals surface area contributed by atoms with Gasteiger partial charge in [-0.25, -0.2) is 4.79 Å². The summed E-state index contributed by atoms with van der Waals surface area (Å²) in [5, 5.41) is 5.75. The van der Waals surface area contributed by atoms with Crippen LogP contribution in [-0.2, 0) is 6.42 Å². The highest BCUT2D eigenvalue weighted by Crippen LogP contribution is 2.17. The third-order valence-electron chi connectivity index (χ3n) is 3.02. The minimum absolute atomic E-state index is 0.172. The van der Waals surface area contributed by atoms with Gasteiger partial charge in [-0.15, -0.1) is 0 Å². The second-order valence-corrected chi connectivity index (χ2v) is 6.88. The van der Waals surface area contributed by atoms with Gasteiger partial charge < -0.3 is 10.6 Å². The van der Waals surface area contributed by atoms with E-state index in [9.17, 15) is 4.79 Å². The average Bonchev–Trinajstić information content (AvgIpc) is 2.42. The molecule has 0 radical (unpaired) electrons. The lowest BCUT2D eigenvalue weighted by atomic mass is 10.1. The van der Waals surface area contributed by atoms with Gasteiger partial charge >= 0.3 is 6.03 Å². The number of carbonyl (C=O) groups is 1. The Hall–Kier alpha value is -1.08. The molecule has 2 N–H and O–H groups in total. The molecule has 3 nitrogen and oxygen atoms in total. The van der Waals surface area contributed by atoms with Crippen molar-refractivity contribution in [2.75, 3.05) is 11.9 Å². The van der Waals surface area contributed by atoms with Crippen LogP contribution >= 0.6 is 38.5 Å². The molecule has 2 aromatic carbocycles. The van der Waals surface area contributed by atoms with Gasteiger partial charge in [0.25, 0.3) is 0 Å². The second-order valence-electron chi connectivity index (χ2n) is 4.72. The lowest BCUT2D eigenvalue weighted by molar-refractivity contribution is 0.252. The van der Waals surface area contributed by atoms with Crippen molar-refractivity contribution in [2.45, 2.75) is 13.3 Å². The molecule has 0 aliphatic heterocycles. The van der Waals surface area contributed by atoms with Gasteiger partial charge in [0, 0.05) is 20.3 Å². The van der Waals surface area contributed by atoms with Gasteiger partial charge in [-0.2, -0.15) is 0 Å². The van der Waals surface area contributed by atoms with E-state index in [0.717, 1.165) is 25.7 Å². The third kappa shape index (κ3) is 5.32. The maximum Gasteiger partial charge on any atom is 0.319 e. The van der Waals surface area contributed by atoms with Crippen molar-refractivity contribution < 1.29 is 4.79 Å². The van der Waals surface area contributed by atoms with Gasteiger partial charge in [-0.1, -0.05) is 28.1 Å². The van der Waals surface area contributed by atoms with Gasteiger partial charge in [0.05, 0.1) is 0 Å². The van der Waals surface area contributed by atoms with Crippen LogP contribution in [0.1, 0.15) is 11.1 Å². The molecule has 2 aromatic rings. The van der Waals surface area contributed by atoms with Crippen LogP contribution in [0.2, 0.25) is 0 Å². The molecule has 0 fully saturated rings. The number of aryl methyl sites for hydroxylation is 1. The number of hydrogen-bond donors (Lipinski definition) is 2. The van der Waals surface area contributed by atoms with Gasteiger partial charge in [0.15, 0.2) is 0 Å². The first-order valence-corrected chi connectivity index (χ1v) is 8.47. The SMILES string of the molecule is Cc1cc(I)ccc1NC(=O)NCCc1cccc(Br)c1. The second kappa shape index (κ2) is 7.79. The first kappa shape index (κ1) is 16.3. The highest BCUT2D eigenvalue weighted by atomic mass is 127. The molecular formula is C16H16BrIN2O. The van der Waals surface area contributed by atoms with Crippen LogP contribution < -0.4 is 10.6 Å². The molecule has 0 atom stereocenters. The summed E-state index contributed by atoms with van der Waals surface area (Å²) in [5.74, 6) is 0. The molecule has 0 aliphatic carbocycles. The lowest BCUT2D eigenvalue weighted by Crippen LogP contribution is -2.30. The molecule has 2 amide bonds. The van der Waals surface area contributed by atoms with Crippen LogP contribution in [0.3, 0.4) is 0 Å². The Bertz CT molecular complexity index is 646. The maximum atomic E-state index is 11.9. The predicted molar refractivity (Wildman–Crippen MR) is 98.8 cm³/mol. The summed E-state index contributed by atoms with van der Waals surface area (Å²) in [6.07, 6.45) is 0.804. The minimum Gasteiger partial charge on any atom is -0.338 e. The Balaban J connectivity index is 1.82. The smallest absolute Gasteiger partial charge is 0.319 e. The number of carbonyl (C=O) groups excluding carboxylic acids is 1. The van der Waals surface area contributed by atoms with E-state index in [1.54, 1.807) is 0 Å². The first-order valence-electron chi connectivity index (χ1n) is 6.60. The standard InChI is InChI=1S/C16H16BrIN2O/c1-11-9-14(18)5-6-15(11)20-16(21)19-8-7-12-3-2-4-13(17)10-12/h2-6,9-10H,7-8H2,1H3,(H2,19,20,21). The van der Waals surface area contributed by atoms with Crippen molar-refractivity contribution in [1.82, 2.24) is 5.32 Å². The Labute approximate surface area is 146 Å². The molecule has 0 heterocycles. The van der Waals surface area contributed by atoms with Gasteiger partial charge in [0.2, 0.25) is 0 Å². The van der Waals surface area contributed by atoms with Crippen LogP contribution in [0, 0.1) is 10.5 Å². The summed E-state index contributed by atoms with van der Waals surface area (Å²) in [6.45, 7) is 2.59. The number of halogens is 2. The minimum atomic E-state index is -0.172. The van der Waals surface area contributed by atoms with E-state index in [4.69, 9.17) is 0 Å². The monoisotopic (exact) mass is 458 g/mol. The van der Waals surface area contributed by atoms with Crippen molar-refractivity contribution in [3.8, 4) is 0 Å². The summed E-state index contributed by atoms with van der Waals surface area (Å²) in [4.78, 5) is 11.9. The van der Waals surface area contributed by atoms with E-state index in [2.05, 4.69) is 55.2 Å². The van der Waals surface area contributed by atoms with Gasteiger partial charge in [-0.05, 0) is 77.4 Å². The molecular weight excluding hydrogens is 443 g/mol. The average molecular weight is 459 g/mol. The number of urea groups is 1. The van der Waals surface area contributed by atoms with Crippen LogP contribution in [0.25, 0.3) is 0 Å². The molecule has 0 saturated carbocycles. The lowest BCUT2D eigenvalue weighted by Gasteiger charge is -2.10. The number of amides is 2. The number of anilines is 1. The summed E-state index contributed by atoms with van der Waals surface area (Å²) in [5.41, 5.74) is 3.09. The molecule has 0 unspecified atom stereocenters. The van der Waals surface area contributed by atoms with Crippen molar-refractivity contribution in [1.29, 1.82) is 0 Å². The molecule has 0 saturated heterocycles. The molecule has 5 heteroatoms. The molecule has 110 valence electrons. The van der Waals surface area contributed by atoms with E-state index in [0.29, 0.717) is 6.54 Å². The molecule has 21 heavy (non-hydrogen) atoms. The molecule has 0 aromatic heterocycles. The molecule has 0 bridgehead atoms. The predicted octanol–water partition coefficient (Wildman–Crippen LogP) is 4.73. The van der Waals surface area contributed by atoms with Crippen molar-refractivity contribution in [3.63, 3.8) is 0 Å². The highest BCUT2D eigenvalue weighted by Gasteiger charge is 2.04. The zero-order chi connectivity index (χ0) is 15.2. The summed E-state index contributed by atoms with van der Waals surface area (Å²) in [6, 6.07) is 13.9. The number of hydrogen-bond acceptors (Lipinski definition) is 1. The fraction of sp³-hybridized carbons (Fsp3) is 0.188. The molecule has 0 spiro atoms. The van der Waals surface area contributed by atoms with E-state index in [1.165, 1.54) is 5.56 Å². The topological polar surface area (TPSA) is 41.1 Å². The summed E-state index contributed by atoms with van der Waals surface area (Å²) < 4.78 is 2.21. The van der Waals surface area contributed by atoms with E-state index < -0.39 is 0 Å². The number of benzene rings is 2. The molecule has 0 aliphatic rings. The van der Waals surface area contributed by atoms with Crippen LogP contribution in [0.5, 0.6) is 0 Å². The van der Waals surface area contributed by atoms with E-state index in [1.807, 2.05) is 43.3 Å². The molecule has 2 rings (SSSR count). The first-order chi connectivity index (χ1) is 10.0. The highest BCUT2D eigenvalue weighted by molar-refractivity contribution is 14.1. The van der Waals surface area contributed by atoms with E-state index >= 15 is 0 Å². The van der Waals surface area contributed by atoms with Crippen molar-refractivity contribution in [2.24, 2.45) is 0 Å². The van der Waals surface area contributed by atoms with Crippen molar-refractivity contribution >= 4 is 50.2 Å². The Morgan fingerprint density at radius 1 is 1.24 bits per heavy atom.